The lowest BCUT2D eigenvalue weighted by Crippen LogP contribution is -2.42. The SMILES string of the molecule is CC(N)c1nc(C2CN(C(C)C)CCO2)no1. The van der Waals surface area contributed by atoms with E-state index in [1.165, 1.54) is 0 Å². The third-order valence-corrected chi connectivity index (χ3v) is 2.96. The van der Waals surface area contributed by atoms with Gasteiger partial charge in [0.2, 0.25) is 11.7 Å². The minimum Gasteiger partial charge on any atom is -0.367 e. The zero-order valence-electron chi connectivity index (χ0n) is 10.6. The number of morpholine rings is 1. The topological polar surface area (TPSA) is 77.4 Å². The van der Waals surface area contributed by atoms with E-state index >= 15 is 0 Å². The van der Waals surface area contributed by atoms with Crippen LogP contribution in [0.5, 0.6) is 0 Å². The van der Waals surface area contributed by atoms with E-state index in [0.717, 1.165) is 13.1 Å². The molecule has 1 fully saturated rings. The summed E-state index contributed by atoms with van der Waals surface area (Å²) in [5.74, 6) is 1.06. The van der Waals surface area contributed by atoms with E-state index in [2.05, 4.69) is 28.9 Å². The Morgan fingerprint density at radius 1 is 1.41 bits per heavy atom. The molecule has 2 N–H and O–H groups in total. The Morgan fingerprint density at radius 2 is 2.18 bits per heavy atom. The summed E-state index contributed by atoms with van der Waals surface area (Å²) in [6.45, 7) is 8.62. The van der Waals surface area contributed by atoms with Gasteiger partial charge in [0, 0.05) is 19.1 Å². The van der Waals surface area contributed by atoms with Crippen molar-refractivity contribution in [1.29, 1.82) is 0 Å². The van der Waals surface area contributed by atoms with Crippen molar-refractivity contribution in [2.75, 3.05) is 19.7 Å². The van der Waals surface area contributed by atoms with Crippen molar-refractivity contribution in [3.05, 3.63) is 11.7 Å². The van der Waals surface area contributed by atoms with Gasteiger partial charge in [0.15, 0.2) is 0 Å². The average Bonchev–Trinajstić information content (AvgIpc) is 2.78. The molecular formula is C11H20N4O2. The monoisotopic (exact) mass is 240 g/mol. The third kappa shape index (κ3) is 2.83. The Bertz CT molecular complexity index is 364. The molecule has 0 radical (unpaired) electrons. The molecule has 2 rings (SSSR count). The van der Waals surface area contributed by atoms with Gasteiger partial charge in [0.25, 0.3) is 0 Å². The van der Waals surface area contributed by atoms with Crippen molar-refractivity contribution in [2.24, 2.45) is 5.73 Å². The minimum atomic E-state index is -0.235. The van der Waals surface area contributed by atoms with Crippen LogP contribution >= 0.6 is 0 Å². The van der Waals surface area contributed by atoms with Crippen LogP contribution in [0, 0.1) is 0 Å². The molecule has 6 heteroatoms. The number of rotatable bonds is 3. The van der Waals surface area contributed by atoms with Crippen LogP contribution in [0.25, 0.3) is 0 Å². The Balaban J connectivity index is 2.05. The van der Waals surface area contributed by atoms with Crippen LogP contribution in [0.2, 0.25) is 0 Å². The summed E-state index contributed by atoms with van der Waals surface area (Å²) in [6.07, 6.45) is -0.109. The molecule has 2 heterocycles. The summed E-state index contributed by atoms with van der Waals surface area (Å²) < 4.78 is 10.8. The number of aromatic nitrogens is 2. The molecule has 2 unspecified atom stereocenters. The van der Waals surface area contributed by atoms with Gasteiger partial charge >= 0.3 is 0 Å². The van der Waals surface area contributed by atoms with Crippen LogP contribution in [0.1, 0.15) is 44.6 Å². The van der Waals surface area contributed by atoms with Gasteiger partial charge < -0.3 is 15.0 Å². The highest BCUT2D eigenvalue weighted by Crippen LogP contribution is 2.21. The summed E-state index contributed by atoms with van der Waals surface area (Å²) in [7, 11) is 0. The fourth-order valence-electron chi connectivity index (χ4n) is 1.86. The third-order valence-electron chi connectivity index (χ3n) is 2.96. The lowest BCUT2D eigenvalue weighted by molar-refractivity contribution is -0.0450. The van der Waals surface area contributed by atoms with Crippen molar-refractivity contribution in [3.8, 4) is 0 Å². The standard InChI is InChI=1S/C11H20N4O2/c1-7(2)15-4-5-16-9(6-15)10-13-11(8(3)12)17-14-10/h7-9H,4-6,12H2,1-3H3. The van der Waals surface area contributed by atoms with Crippen molar-refractivity contribution >= 4 is 0 Å². The molecule has 1 aromatic rings. The van der Waals surface area contributed by atoms with Crippen LogP contribution in [-0.4, -0.2) is 40.8 Å². The molecule has 0 aromatic carbocycles. The maximum Gasteiger partial charge on any atom is 0.243 e. The highest BCUT2D eigenvalue weighted by molar-refractivity contribution is 4.96. The first kappa shape index (κ1) is 12.5. The van der Waals surface area contributed by atoms with Gasteiger partial charge in [0.05, 0.1) is 12.6 Å². The summed E-state index contributed by atoms with van der Waals surface area (Å²) in [5.41, 5.74) is 5.68. The summed E-state index contributed by atoms with van der Waals surface area (Å²) in [6, 6.07) is 0.266. The predicted molar refractivity (Wildman–Crippen MR) is 62.3 cm³/mol. The van der Waals surface area contributed by atoms with Gasteiger partial charge in [-0.05, 0) is 20.8 Å². The first-order chi connectivity index (χ1) is 8.08. The number of hydrogen-bond donors (Lipinski definition) is 1. The van der Waals surface area contributed by atoms with Gasteiger partial charge in [-0.25, -0.2) is 0 Å². The Morgan fingerprint density at radius 3 is 2.76 bits per heavy atom. The normalized spacial score (nSPS) is 24.2. The van der Waals surface area contributed by atoms with E-state index in [1.54, 1.807) is 0 Å². The number of ether oxygens (including phenoxy) is 1. The number of nitrogens with zero attached hydrogens (tertiary/aromatic N) is 3. The molecule has 1 aromatic heterocycles. The first-order valence-electron chi connectivity index (χ1n) is 6.02. The van der Waals surface area contributed by atoms with Crippen molar-refractivity contribution in [1.82, 2.24) is 15.0 Å². The number of nitrogens with two attached hydrogens (primary N) is 1. The van der Waals surface area contributed by atoms with Crippen molar-refractivity contribution in [2.45, 2.75) is 39.0 Å². The lowest BCUT2D eigenvalue weighted by Gasteiger charge is -2.34. The molecule has 96 valence electrons. The second kappa shape index (κ2) is 5.12. The highest BCUT2D eigenvalue weighted by atomic mass is 16.5. The van der Waals surface area contributed by atoms with Gasteiger partial charge in [-0.2, -0.15) is 4.98 Å². The van der Waals surface area contributed by atoms with Crippen LogP contribution < -0.4 is 5.73 Å². The van der Waals surface area contributed by atoms with Crippen LogP contribution in [0.3, 0.4) is 0 Å². The fourth-order valence-corrected chi connectivity index (χ4v) is 1.86. The van der Waals surface area contributed by atoms with E-state index in [-0.39, 0.29) is 12.1 Å². The van der Waals surface area contributed by atoms with Crippen LogP contribution in [0.4, 0.5) is 0 Å². The zero-order valence-corrected chi connectivity index (χ0v) is 10.6. The molecular weight excluding hydrogens is 220 g/mol. The molecule has 0 saturated carbocycles. The largest absolute Gasteiger partial charge is 0.367 e. The summed E-state index contributed by atoms with van der Waals surface area (Å²) in [4.78, 5) is 6.62. The lowest BCUT2D eigenvalue weighted by atomic mass is 10.2. The summed E-state index contributed by atoms with van der Waals surface area (Å²) in [5, 5.41) is 3.94. The van der Waals surface area contributed by atoms with Crippen LogP contribution in [0.15, 0.2) is 4.52 Å². The maximum atomic E-state index is 5.68. The van der Waals surface area contributed by atoms with Crippen molar-refractivity contribution in [3.63, 3.8) is 0 Å². The zero-order chi connectivity index (χ0) is 12.4. The fraction of sp³-hybridized carbons (Fsp3) is 0.818. The molecule has 1 aliphatic rings. The Labute approximate surface area is 101 Å². The highest BCUT2D eigenvalue weighted by Gasteiger charge is 2.27. The maximum absolute atomic E-state index is 5.68. The van der Waals surface area contributed by atoms with Crippen molar-refractivity contribution < 1.29 is 9.26 Å². The van der Waals surface area contributed by atoms with Gasteiger partial charge in [-0.1, -0.05) is 5.16 Å². The minimum absolute atomic E-state index is 0.109. The molecule has 17 heavy (non-hydrogen) atoms. The van der Waals surface area contributed by atoms with Crippen LogP contribution in [-0.2, 0) is 4.74 Å². The molecule has 2 atom stereocenters. The molecule has 6 nitrogen and oxygen atoms in total. The molecule has 1 aliphatic heterocycles. The average molecular weight is 240 g/mol. The van der Waals surface area contributed by atoms with E-state index in [1.807, 2.05) is 6.92 Å². The molecule has 0 bridgehead atoms. The van der Waals surface area contributed by atoms with E-state index in [0.29, 0.717) is 24.4 Å². The van der Waals surface area contributed by atoms with E-state index in [4.69, 9.17) is 15.0 Å². The van der Waals surface area contributed by atoms with E-state index in [9.17, 15) is 0 Å². The molecule has 0 aliphatic carbocycles. The molecule has 0 spiro atoms. The van der Waals surface area contributed by atoms with Gasteiger partial charge in [0.1, 0.15) is 6.10 Å². The van der Waals surface area contributed by atoms with Gasteiger partial charge in [-0.3, -0.25) is 4.90 Å². The van der Waals surface area contributed by atoms with E-state index < -0.39 is 0 Å². The second-order valence-corrected chi connectivity index (χ2v) is 4.73. The predicted octanol–water partition coefficient (Wildman–Crippen LogP) is 0.871. The molecule has 0 amide bonds. The quantitative estimate of drug-likeness (QED) is 0.844. The first-order valence-corrected chi connectivity index (χ1v) is 6.02. The Hall–Kier alpha value is -0.980. The number of hydrogen-bond acceptors (Lipinski definition) is 6. The smallest absolute Gasteiger partial charge is 0.243 e. The summed E-state index contributed by atoms with van der Waals surface area (Å²) >= 11 is 0. The van der Waals surface area contributed by atoms with Gasteiger partial charge in [-0.15, -0.1) is 0 Å². The second-order valence-electron chi connectivity index (χ2n) is 4.73. The molecule has 1 saturated heterocycles. The Kier molecular flexibility index (Phi) is 3.76.